The molecule has 7 nitrogen and oxygen atoms in total. The highest BCUT2D eigenvalue weighted by atomic mass is 19.1. The van der Waals surface area contributed by atoms with Gasteiger partial charge in [-0.2, -0.15) is 5.26 Å². The number of rotatable bonds is 6. The lowest BCUT2D eigenvalue weighted by molar-refractivity contribution is 0.0340. The van der Waals surface area contributed by atoms with Crippen molar-refractivity contribution in [2.24, 2.45) is 11.7 Å². The molecule has 4 unspecified atom stereocenters. The van der Waals surface area contributed by atoms with Crippen LogP contribution in [0.2, 0.25) is 0 Å². The number of hydrogen-bond donors (Lipinski definition) is 3. The molecule has 162 valence electrons. The van der Waals surface area contributed by atoms with Gasteiger partial charge in [-0.1, -0.05) is 18.2 Å². The van der Waals surface area contributed by atoms with Crippen molar-refractivity contribution >= 4 is 0 Å². The summed E-state index contributed by atoms with van der Waals surface area (Å²) < 4.78 is 30.8. The van der Waals surface area contributed by atoms with Crippen LogP contribution in [0.4, 0.5) is 4.39 Å². The minimum atomic E-state index is -0.459. The van der Waals surface area contributed by atoms with Crippen molar-refractivity contribution < 1.29 is 18.6 Å². The van der Waals surface area contributed by atoms with Crippen LogP contribution >= 0.6 is 0 Å². The summed E-state index contributed by atoms with van der Waals surface area (Å²) in [7, 11) is 0. The lowest BCUT2D eigenvalue weighted by Crippen LogP contribution is -2.41. The van der Waals surface area contributed by atoms with Crippen LogP contribution in [0.25, 0.3) is 0 Å². The molecule has 0 bridgehead atoms. The molecule has 0 saturated carbocycles. The van der Waals surface area contributed by atoms with E-state index in [1.165, 1.54) is 12.1 Å². The van der Waals surface area contributed by atoms with Gasteiger partial charge in [-0.3, -0.25) is 0 Å². The van der Waals surface area contributed by atoms with E-state index in [4.69, 9.17) is 19.9 Å². The van der Waals surface area contributed by atoms with Gasteiger partial charge in [0.1, 0.15) is 11.9 Å². The Labute approximate surface area is 180 Å². The molecule has 2 aromatic carbocycles. The second-order valence-corrected chi connectivity index (χ2v) is 7.37. The number of hydrazine groups is 1. The zero-order valence-electron chi connectivity index (χ0n) is 17.4. The van der Waals surface area contributed by atoms with Gasteiger partial charge in [-0.05, 0) is 49.2 Å². The smallest absolute Gasteiger partial charge is 0.200 e. The summed E-state index contributed by atoms with van der Waals surface area (Å²) >= 11 is 0. The van der Waals surface area contributed by atoms with Crippen molar-refractivity contribution in [3.8, 4) is 17.6 Å². The van der Waals surface area contributed by atoms with E-state index in [9.17, 15) is 9.65 Å². The van der Waals surface area contributed by atoms with Gasteiger partial charge >= 0.3 is 0 Å². The number of nitrogens with one attached hydrogen (secondary N) is 2. The molecule has 0 aromatic heterocycles. The van der Waals surface area contributed by atoms with Crippen molar-refractivity contribution in [3.05, 3.63) is 70.9 Å². The molecule has 1 fully saturated rings. The number of nitriles is 1. The Morgan fingerprint density at radius 2 is 1.71 bits per heavy atom. The van der Waals surface area contributed by atoms with Gasteiger partial charge in [-0.15, -0.1) is 0 Å². The molecule has 4 N–H and O–H groups in total. The Morgan fingerprint density at radius 3 is 2.39 bits per heavy atom. The lowest BCUT2D eigenvalue weighted by atomic mass is 9.74. The van der Waals surface area contributed by atoms with Crippen LogP contribution < -0.4 is 26.1 Å². The van der Waals surface area contributed by atoms with E-state index >= 15 is 0 Å². The van der Waals surface area contributed by atoms with Gasteiger partial charge in [0, 0.05) is 11.8 Å². The maximum atomic E-state index is 13.5. The number of hydrogen-bond acceptors (Lipinski definition) is 7. The maximum Gasteiger partial charge on any atom is 0.200 e. The third-order valence-corrected chi connectivity index (χ3v) is 5.61. The summed E-state index contributed by atoms with van der Waals surface area (Å²) in [5, 5.41) is 9.90. The van der Waals surface area contributed by atoms with Crippen molar-refractivity contribution in [3.63, 3.8) is 0 Å². The van der Waals surface area contributed by atoms with E-state index in [0.717, 1.165) is 11.1 Å². The topological polar surface area (TPSA) is 102 Å². The minimum Gasteiger partial charge on any atom is -0.490 e. The third kappa shape index (κ3) is 3.90. The van der Waals surface area contributed by atoms with Crippen LogP contribution in [-0.4, -0.2) is 19.4 Å². The fraction of sp³-hybridized carbons (Fsp3) is 0.348. The average Bonchev–Trinajstić information content (AvgIpc) is 3.18. The molecule has 2 aliphatic heterocycles. The molecule has 31 heavy (non-hydrogen) atoms. The highest BCUT2D eigenvalue weighted by Gasteiger charge is 2.49. The largest absolute Gasteiger partial charge is 0.490 e. The zero-order chi connectivity index (χ0) is 22.0. The Morgan fingerprint density at radius 1 is 1.03 bits per heavy atom. The summed E-state index contributed by atoms with van der Waals surface area (Å²) in [5.41, 5.74) is 14.6. The highest BCUT2D eigenvalue weighted by molar-refractivity contribution is 5.49. The summed E-state index contributed by atoms with van der Waals surface area (Å²) in [4.78, 5) is 0. The van der Waals surface area contributed by atoms with E-state index in [1.807, 2.05) is 32.0 Å². The van der Waals surface area contributed by atoms with Gasteiger partial charge < -0.3 is 19.9 Å². The van der Waals surface area contributed by atoms with Gasteiger partial charge in [-0.25, -0.2) is 15.2 Å². The lowest BCUT2D eigenvalue weighted by Gasteiger charge is -2.36. The third-order valence-electron chi connectivity index (χ3n) is 5.61. The van der Waals surface area contributed by atoms with Gasteiger partial charge in [0.05, 0.1) is 24.8 Å². The Kier molecular flexibility index (Phi) is 5.98. The first kappa shape index (κ1) is 21.0. The van der Waals surface area contributed by atoms with E-state index in [0.29, 0.717) is 30.3 Å². The molecule has 0 aliphatic carbocycles. The van der Waals surface area contributed by atoms with Gasteiger partial charge in [0.15, 0.2) is 17.7 Å². The molecule has 0 amide bonds. The predicted molar refractivity (Wildman–Crippen MR) is 112 cm³/mol. The molecule has 0 spiro atoms. The molecular formula is C23H25FN4O3. The fourth-order valence-electron chi connectivity index (χ4n) is 4.31. The second kappa shape index (κ2) is 8.84. The maximum absolute atomic E-state index is 13.5. The first-order valence-electron chi connectivity index (χ1n) is 10.3. The summed E-state index contributed by atoms with van der Waals surface area (Å²) in [6.45, 7) is 4.81. The van der Waals surface area contributed by atoms with Crippen LogP contribution in [0.5, 0.6) is 11.5 Å². The number of fused-ring (bicyclic) bond motifs is 1. The van der Waals surface area contributed by atoms with E-state index in [1.54, 1.807) is 12.1 Å². The monoisotopic (exact) mass is 424 g/mol. The molecule has 4 rings (SSSR count). The molecular weight excluding hydrogens is 399 g/mol. The highest BCUT2D eigenvalue weighted by Crippen LogP contribution is 2.48. The number of benzene rings is 2. The first-order chi connectivity index (χ1) is 15.1. The molecule has 0 radical (unpaired) electrons. The summed E-state index contributed by atoms with van der Waals surface area (Å²) in [6.07, 6.45) is -0.459. The molecule has 2 heterocycles. The van der Waals surface area contributed by atoms with Gasteiger partial charge in [0.25, 0.3) is 0 Å². The summed E-state index contributed by atoms with van der Waals surface area (Å²) in [6, 6.07) is 14.0. The predicted octanol–water partition coefficient (Wildman–Crippen LogP) is 3.22. The van der Waals surface area contributed by atoms with Crippen LogP contribution in [-0.2, 0) is 4.74 Å². The SMILES string of the molecule is CCOc1ccc(C2C(C#N)=C(N)OC3NNC(c4ccc(F)cc4)C32)cc1OCC. The van der Waals surface area contributed by atoms with Crippen LogP contribution in [0.1, 0.15) is 36.9 Å². The Hall–Kier alpha value is -3.28. The van der Waals surface area contributed by atoms with Crippen LogP contribution in [0.15, 0.2) is 53.9 Å². The minimum absolute atomic E-state index is 0.0923. The molecule has 8 heteroatoms. The van der Waals surface area contributed by atoms with Crippen molar-refractivity contribution in [2.75, 3.05) is 13.2 Å². The normalized spacial score (nSPS) is 24.8. The van der Waals surface area contributed by atoms with E-state index < -0.39 is 6.23 Å². The quantitative estimate of drug-likeness (QED) is 0.654. The number of allylic oxidation sites excluding steroid dienone is 1. The standard InChI is InChI=1S/C23H25FN4O3/c1-3-29-17-10-7-14(11-18(17)30-4-2)19-16(12-25)22(26)31-23-20(19)21(27-28-23)13-5-8-15(24)9-6-13/h5-11,19-21,23,27-28H,3-4,26H2,1-2H3. The Bertz CT molecular complexity index is 1020. The van der Waals surface area contributed by atoms with Crippen molar-refractivity contribution in [1.29, 1.82) is 5.26 Å². The number of ether oxygens (including phenoxy) is 3. The van der Waals surface area contributed by atoms with E-state index in [-0.39, 0.29) is 29.6 Å². The molecule has 1 saturated heterocycles. The molecule has 2 aromatic rings. The summed E-state index contributed by atoms with van der Waals surface area (Å²) in [5.74, 6) is 0.464. The first-order valence-corrected chi connectivity index (χ1v) is 10.3. The van der Waals surface area contributed by atoms with Crippen LogP contribution in [0, 0.1) is 23.1 Å². The van der Waals surface area contributed by atoms with Gasteiger partial charge in [0.2, 0.25) is 5.88 Å². The average molecular weight is 424 g/mol. The molecule has 2 aliphatic rings. The fourth-order valence-corrected chi connectivity index (χ4v) is 4.31. The number of nitrogens with zero attached hydrogens (tertiary/aromatic N) is 1. The molecule has 4 atom stereocenters. The van der Waals surface area contributed by atoms with Crippen molar-refractivity contribution in [1.82, 2.24) is 10.9 Å². The number of nitrogens with two attached hydrogens (primary N) is 1. The van der Waals surface area contributed by atoms with Crippen molar-refractivity contribution in [2.45, 2.75) is 32.0 Å². The van der Waals surface area contributed by atoms with E-state index in [2.05, 4.69) is 16.9 Å². The van der Waals surface area contributed by atoms with Crippen LogP contribution in [0.3, 0.4) is 0 Å². The number of halogens is 1. The second-order valence-electron chi connectivity index (χ2n) is 7.37. The zero-order valence-corrected chi connectivity index (χ0v) is 17.4. The Balaban J connectivity index is 1.80.